The summed E-state index contributed by atoms with van der Waals surface area (Å²) in [7, 11) is 0. The summed E-state index contributed by atoms with van der Waals surface area (Å²) in [6.45, 7) is 13.0. The van der Waals surface area contributed by atoms with E-state index in [2.05, 4.69) is 41.5 Å². The first-order chi connectivity index (χ1) is 6.60. The molecule has 0 amide bonds. The van der Waals surface area contributed by atoms with Gasteiger partial charge in [-0.15, -0.1) is 0 Å². The topological polar surface area (TPSA) is 26.3 Å². The minimum absolute atomic E-state index is 0.0268. The van der Waals surface area contributed by atoms with Crippen molar-refractivity contribution in [2.75, 3.05) is 0 Å². The van der Waals surface area contributed by atoms with Crippen LogP contribution >= 0.6 is 0 Å². The van der Waals surface area contributed by atoms with Crippen LogP contribution in [0.3, 0.4) is 0 Å². The lowest BCUT2D eigenvalue weighted by atomic mass is 9.71. The Bertz CT molecular complexity index is 218. The number of hydrogen-bond acceptors (Lipinski definition) is 2. The molecule has 0 unspecified atom stereocenters. The summed E-state index contributed by atoms with van der Waals surface area (Å²) < 4.78 is 5.44. The molecule has 0 radical (unpaired) electrons. The van der Waals surface area contributed by atoms with E-state index in [4.69, 9.17) is 4.74 Å². The second-order valence-corrected chi connectivity index (χ2v) is 6.85. The summed E-state index contributed by atoms with van der Waals surface area (Å²) in [6, 6.07) is 0. The van der Waals surface area contributed by atoms with Crippen LogP contribution in [0.15, 0.2) is 0 Å². The molecular formula is C13H24O2. The highest BCUT2D eigenvalue weighted by Crippen LogP contribution is 2.40. The van der Waals surface area contributed by atoms with Crippen LogP contribution in [-0.2, 0) is 9.53 Å². The fourth-order valence-corrected chi connectivity index (χ4v) is 1.99. The van der Waals surface area contributed by atoms with Crippen molar-refractivity contribution < 1.29 is 9.53 Å². The molecule has 0 saturated carbocycles. The van der Waals surface area contributed by atoms with Crippen LogP contribution in [0, 0.1) is 16.7 Å². The molecule has 2 heteroatoms. The van der Waals surface area contributed by atoms with E-state index < -0.39 is 0 Å². The van der Waals surface area contributed by atoms with Gasteiger partial charge in [0.15, 0.2) is 0 Å². The van der Waals surface area contributed by atoms with Crippen LogP contribution in [-0.4, -0.2) is 12.1 Å². The third-order valence-corrected chi connectivity index (χ3v) is 3.38. The standard InChI is InChI=1S/C13H24O2/c1-12(2,3)9-7-10(13(4,5)6)15-11(14)8-9/h9-10H,7-8H2,1-6H3/t9-,10+/m1/s1. The van der Waals surface area contributed by atoms with Gasteiger partial charge < -0.3 is 4.74 Å². The molecule has 0 spiro atoms. The van der Waals surface area contributed by atoms with Crippen molar-refractivity contribution in [3.8, 4) is 0 Å². The Morgan fingerprint density at radius 1 is 1.07 bits per heavy atom. The smallest absolute Gasteiger partial charge is 0.306 e. The molecule has 0 aromatic heterocycles. The molecule has 0 aromatic rings. The van der Waals surface area contributed by atoms with E-state index in [1.807, 2.05) is 0 Å². The highest BCUT2D eigenvalue weighted by atomic mass is 16.5. The molecule has 15 heavy (non-hydrogen) atoms. The SMILES string of the molecule is CC(C)(C)[C@H]1CC(=O)O[C@H](C(C)(C)C)C1. The normalized spacial score (nSPS) is 28.8. The molecular weight excluding hydrogens is 188 g/mol. The van der Waals surface area contributed by atoms with Gasteiger partial charge in [0.2, 0.25) is 0 Å². The van der Waals surface area contributed by atoms with E-state index in [9.17, 15) is 4.79 Å². The predicted molar refractivity (Wildman–Crippen MR) is 61.5 cm³/mol. The summed E-state index contributed by atoms with van der Waals surface area (Å²) in [5.74, 6) is 0.420. The van der Waals surface area contributed by atoms with Gasteiger partial charge in [0.05, 0.1) is 0 Å². The maximum absolute atomic E-state index is 11.6. The van der Waals surface area contributed by atoms with Gasteiger partial charge in [0, 0.05) is 6.42 Å². The number of cyclic esters (lactones) is 1. The Hall–Kier alpha value is -0.530. The maximum Gasteiger partial charge on any atom is 0.306 e. The molecule has 0 bridgehead atoms. The van der Waals surface area contributed by atoms with Crippen molar-refractivity contribution in [1.82, 2.24) is 0 Å². The highest BCUT2D eigenvalue weighted by Gasteiger charge is 2.40. The molecule has 0 aliphatic carbocycles. The number of ether oxygens (including phenoxy) is 1. The number of hydrogen-bond donors (Lipinski definition) is 0. The largest absolute Gasteiger partial charge is 0.462 e. The maximum atomic E-state index is 11.6. The molecule has 1 saturated heterocycles. The molecule has 2 nitrogen and oxygen atoms in total. The van der Waals surface area contributed by atoms with Gasteiger partial charge in [0.25, 0.3) is 0 Å². The van der Waals surface area contributed by atoms with Crippen molar-refractivity contribution >= 4 is 5.97 Å². The first kappa shape index (κ1) is 12.5. The Morgan fingerprint density at radius 3 is 2.00 bits per heavy atom. The highest BCUT2D eigenvalue weighted by molar-refractivity contribution is 5.70. The van der Waals surface area contributed by atoms with Crippen molar-refractivity contribution in [3.05, 3.63) is 0 Å². The Labute approximate surface area is 93.4 Å². The van der Waals surface area contributed by atoms with E-state index in [1.54, 1.807) is 0 Å². The fraction of sp³-hybridized carbons (Fsp3) is 0.923. The van der Waals surface area contributed by atoms with E-state index in [0.29, 0.717) is 12.3 Å². The minimum atomic E-state index is -0.0268. The summed E-state index contributed by atoms with van der Waals surface area (Å²) in [4.78, 5) is 11.6. The summed E-state index contributed by atoms with van der Waals surface area (Å²) in [5, 5.41) is 0. The molecule has 1 rings (SSSR count). The predicted octanol–water partition coefficient (Wildman–Crippen LogP) is 3.40. The van der Waals surface area contributed by atoms with Crippen molar-refractivity contribution in [3.63, 3.8) is 0 Å². The van der Waals surface area contributed by atoms with Crippen LogP contribution in [0.4, 0.5) is 0 Å². The number of carbonyl (C=O) groups excluding carboxylic acids is 1. The van der Waals surface area contributed by atoms with E-state index in [-0.39, 0.29) is 22.9 Å². The molecule has 1 heterocycles. The average Bonchev–Trinajstić information content (AvgIpc) is 1.99. The van der Waals surface area contributed by atoms with E-state index in [1.165, 1.54) is 0 Å². The van der Waals surface area contributed by atoms with Gasteiger partial charge in [-0.2, -0.15) is 0 Å². The zero-order valence-corrected chi connectivity index (χ0v) is 10.9. The summed E-state index contributed by atoms with van der Waals surface area (Å²) >= 11 is 0. The fourth-order valence-electron chi connectivity index (χ4n) is 1.99. The van der Waals surface area contributed by atoms with Crippen LogP contribution in [0.1, 0.15) is 54.4 Å². The Balaban J connectivity index is 2.77. The van der Waals surface area contributed by atoms with Gasteiger partial charge in [-0.3, -0.25) is 4.79 Å². The number of esters is 1. The first-order valence-corrected chi connectivity index (χ1v) is 5.80. The zero-order chi connectivity index (χ0) is 11.9. The van der Waals surface area contributed by atoms with E-state index in [0.717, 1.165) is 6.42 Å². The van der Waals surface area contributed by atoms with Gasteiger partial charge in [0.1, 0.15) is 6.10 Å². The molecule has 1 aliphatic heterocycles. The quantitative estimate of drug-likeness (QED) is 0.575. The first-order valence-electron chi connectivity index (χ1n) is 5.80. The zero-order valence-electron chi connectivity index (χ0n) is 10.9. The van der Waals surface area contributed by atoms with Crippen LogP contribution < -0.4 is 0 Å². The van der Waals surface area contributed by atoms with Gasteiger partial charge >= 0.3 is 5.97 Å². The monoisotopic (exact) mass is 212 g/mol. The number of carbonyl (C=O) groups is 1. The molecule has 1 aliphatic rings. The lowest BCUT2D eigenvalue weighted by Crippen LogP contribution is -2.41. The van der Waals surface area contributed by atoms with Crippen molar-refractivity contribution in [1.29, 1.82) is 0 Å². The minimum Gasteiger partial charge on any atom is -0.462 e. The molecule has 1 fully saturated rings. The van der Waals surface area contributed by atoms with Crippen LogP contribution in [0.25, 0.3) is 0 Å². The Morgan fingerprint density at radius 2 is 1.60 bits per heavy atom. The van der Waals surface area contributed by atoms with Crippen LogP contribution in [0.5, 0.6) is 0 Å². The van der Waals surface area contributed by atoms with Crippen molar-refractivity contribution in [2.45, 2.75) is 60.5 Å². The lowest BCUT2D eigenvalue weighted by molar-refractivity contribution is -0.167. The Kier molecular flexibility index (Phi) is 3.18. The van der Waals surface area contributed by atoms with Gasteiger partial charge in [-0.05, 0) is 23.2 Å². The summed E-state index contributed by atoms with van der Waals surface area (Å²) in [5.41, 5.74) is 0.253. The average molecular weight is 212 g/mol. The third-order valence-electron chi connectivity index (χ3n) is 3.38. The summed E-state index contributed by atoms with van der Waals surface area (Å²) in [6.07, 6.45) is 1.65. The second-order valence-electron chi connectivity index (χ2n) is 6.85. The number of rotatable bonds is 0. The third kappa shape index (κ3) is 3.22. The van der Waals surface area contributed by atoms with E-state index >= 15 is 0 Å². The molecule has 0 N–H and O–H groups in total. The molecule has 0 aromatic carbocycles. The van der Waals surface area contributed by atoms with Crippen molar-refractivity contribution in [2.24, 2.45) is 16.7 Å². The molecule has 88 valence electrons. The van der Waals surface area contributed by atoms with Gasteiger partial charge in [-0.25, -0.2) is 0 Å². The lowest BCUT2D eigenvalue weighted by Gasteiger charge is -2.41. The molecule has 2 atom stereocenters. The van der Waals surface area contributed by atoms with Gasteiger partial charge in [-0.1, -0.05) is 41.5 Å². The second kappa shape index (κ2) is 3.80. The van der Waals surface area contributed by atoms with Crippen LogP contribution in [0.2, 0.25) is 0 Å².